The van der Waals surface area contributed by atoms with Crippen LogP contribution < -0.4 is 15.4 Å². The molecule has 2 atom stereocenters. The van der Waals surface area contributed by atoms with Gasteiger partial charge in [-0.1, -0.05) is 36.4 Å². The van der Waals surface area contributed by atoms with Crippen LogP contribution in [0.2, 0.25) is 0 Å². The maximum atomic E-state index is 12.3. The lowest BCUT2D eigenvalue weighted by Crippen LogP contribution is -2.39. The fourth-order valence-electron chi connectivity index (χ4n) is 4.48. The molecular weight excluding hydrogens is 372 g/mol. The summed E-state index contributed by atoms with van der Waals surface area (Å²) in [7, 11) is 1.67. The first-order valence-electron chi connectivity index (χ1n) is 9.95. The van der Waals surface area contributed by atoms with Crippen molar-refractivity contribution in [3.05, 3.63) is 54.1 Å². The number of ether oxygens (including phenoxy) is 1. The Morgan fingerprint density at radius 1 is 1.00 bits per heavy atom. The van der Waals surface area contributed by atoms with Gasteiger partial charge in [-0.15, -0.1) is 12.4 Å². The second-order valence-electron chi connectivity index (χ2n) is 7.88. The Bertz CT molecular complexity index is 764. The van der Waals surface area contributed by atoms with E-state index in [1.54, 1.807) is 7.11 Å². The van der Waals surface area contributed by atoms with Crippen LogP contribution in [0.1, 0.15) is 37.7 Å². The average Bonchev–Trinajstić information content (AvgIpc) is 3.05. The zero-order chi connectivity index (χ0) is 18.6. The van der Waals surface area contributed by atoms with Crippen LogP contribution in [-0.4, -0.2) is 25.1 Å². The predicted octanol–water partition coefficient (Wildman–Crippen LogP) is 4.32. The van der Waals surface area contributed by atoms with Gasteiger partial charge in [-0.3, -0.25) is 4.79 Å². The number of piperidine rings is 1. The molecule has 2 aliphatic heterocycles. The highest BCUT2D eigenvalue weighted by molar-refractivity contribution is 5.85. The SMILES string of the molecule is COc1ccc(-c2ccc(CNC(=O)CC3CC4CCC(C3)N4)cc2)cc1.Cl. The topological polar surface area (TPSA) is 50.4 Å². The van der Waals surface area contributed by atoms with Crippen molar-refractivity contribution in [2.45, 2.75) is 50.7 Å². The molecule has 2 N–H and O–H groups in total. The van der Waals surface area contributed by atoms with E-state index < -0.39 is 0 Å². The summed E-state index contributed by atoms with van der Waals surface area (Å²) in [6, 6.07) is 17.7. The maximum Gasteiger partial charge on any atom is 0.220 e. The van der Waals surface area contributed by atoms with Crippen LogP contribution in [0.5, 0.6) is 5.75 Å². The normalized spacial score (nSPS) is 23.0. The summed E-state index contributed by atoms with van der Waals surface area (Å²) in [5.74, 6) is 1.58. The summed E-state index contributed by atoms with van der Waals surface area (Å²) in [4.78, 5) is 12.3. The third kappa shape index (κ3) is 5.06. The number of nitrogens with one attached hydrogen (secondary N) is 2. The van der Waals surface area contributed by atoms with Gasteiger partial charge in [0, 0.05) is 25.0 Å². The molecule has 2 saturated heterocycles. The Morgan fingerprint density at radius 3 is 2.14 bits per heavy atom. The molecule has 4 rings (SSSR count). The zero-order valence-corrected chi connectivity index (χ0v) is 17.1. The lowest BCUT2D eigenvalue weighted by Gasteiger charge is -2.28. The van der Waals surface area contributed by atoms with Gasteiger partial charge >= 0.3 is 0 Å². The number of hydrogen-bond donors (Lipinski definition) is 2. The average molecular weight is 401 g/mol. The lowest BCUT2D eigenvalue weighted by atomic mass is 9.89. The highest BCUT2D eigenvalue weighted by Gasteiger charge is 2.34. The molecule has 2 heterocycles. The molecule has 2 bridgehead atoms. The molecule has 28 heavy (non-hydrogen) atoms. The summed E-state index contributed by atoms with van der Waals surface area (Å²) in [6.07, 6.45) is 5.53. The molecule has 0 aliphatic carbocycles. The Kier molecular flexibility index (Phi) is 6.97. The summed E-state index contributed by atoms with van der Waals surface area (Å²) >= 11 is 0. The summed E-state index contributed by atoms with van der Waals surface area (Å²) in [5, 5.41) is 6.73. The molecule has 0 spiro atoms. The number of methoxy groups -OCH3 is 1. The lowest BCUT2D eigenvalue weighted by molar-refractivity contribution is -0.122. The van der Waals surface area contributed by atoms with Crippen LogP contribution >= 0.6 is 12.4 Å². The van der Waals surface area contributed by atoms with Crippen molar-refractivity contribution >= 4 is 18.3 Å². The van der Waals surface area contributed by atoms with Crippen molar-refractivity contribution in [1.82, 2.24) is 10.6 Å². The number of hydrogen-bond acceptors (Lipinski definition) is 3. The van der Waals surface area contributed by atoms with Crippen molar-refractivity contribution < 1.29 is 9.53 Å². The van der Waals surface area contributed by atoms with Gasteiger partial charge in [0.25, 0.3) is 0 Å². The molecular formula is C23H29ClN2O2. The highest BCUT2D eigenvalue weighted by atomic mass is 35.5. The largest absolute Gasteiger partial charge is 0.497 e. The van der Waals surface area contributed by atoms with Crippen LogP contribution in [0.3, 0.4) is 0 Å². The predicted molar refractivity (Wildman–Crippen MR) is 115 cm³/mol. The van der Waals surface area contributed by atoms with Gasteiger partial charge in [-0.05, 0) is 60.4 Å². The third-order valence-electron chi connectivity index (χ3n) is 5.91. The van der Waals surface area contributed by atoms with E-state index in [2.05, 4.69) is 47.0 Å². The van der Waals surface area contributed by atoms with E-state index in [4.69, 9.17) is 4.74 Å². The molecule has 2 aromatic rings. The van der Waals surface area contributed by atoms with Crippen molar-refractivity contribution in [2.75, 3.05) is 7.11 Å². The van der Waals surface area contributed by atoms with Crippen molar-refractivity contribution in [3.8, 4) is 16.9 Å². The Hall–Kier alpha value is -2.04. The van der Waals surface area contributed by atoms with Crippen molar-refractivity contribution in [3.63, 3.8) is 0 Å². The fourth-order valence-corrected chi connectivity index (χ4v) is 4.48. The van der Waals surface area contributed by atoms with Gasteiger partial charge < -0.3 is 15.4 Å². The Morgan fingerprint density at radius 2 is 1.57 bits per heavy atom. The van der Waals surface area contributed by atoms with Crippen molar-refractivity contribution in [1.29, 1.82) is 0 Å². The van der Waals surface area contributed by atoms with Crippen LogP contribution in [-0.2, 0) is 11.3 Å². The minimum Gasteiger partial charge on any atom is -0.497 e. The summed E-state index contributed by atoms with van der Waals surface area (Å²) in [5.41, 5.74) is 3.45. The number of amides is 1. The van der Waals surface area contributed by atoms with E-state index in [-0.39, 0.29) is 18.3 Å². The monoisotopic (exact) mass is 400 g/mol. The van der Waals surface area contributed by atoms with E-state index in [9.17, 15) is 4.79 Å². The van der Waals surface area contributed by atoms with E-state index >= 15 is 0 Å². The van der Waals surface area contributed by atoms with Crippen LogP contribution in [0.25, 0.3) is 11.1 Å². The Labute approximate surface area is 173 Å². The minimum absolute atomic E-state index is 0. The first-order valence-corrected chi connectivity index (χ1v) is 9.95. The first-order chi connectivity index (χ1) is 13.2. The zero-order valence-electron chi connectivity index (χ0n) is 16.3. The number of fused-ring (bicyclic) bond motifs is 2. The molecule has 0 saturated carbocycles. The number of halogens is 1. The molecule has 2 aliphatic rings. The molecule has 5 heteroatoms. The quantitative estimate of drug-likeness (QED) is 0.759. The van der Waals surface area contributed by atoms with Gasteiger partial charge in [-0.2, -0.15) is 0 Å². The molecule has 2 aromatic carbocycles. The third-order valence-corrected chi connectivity index (χ3v) is 5.91. The van der Waals surface area contributed by atoms with Crippen LogP contribution in [0.4, 0.5) is 0 Å². The van der Waals surface area contributed by atoms with E-state index in [0.717, 1.165) is 35.3 Å². The molecule has 150 valence electrons. The van der Waals surface area contributed by atoms with E-state index in [1.807, 2.05) is 12.1 Å². The molecule has 4 nitrogen and oxygen atoms in total. The maximum absolute atomic E-state index is 12.3. The molecule has 0 radical (unpaired) electrons. The standard InChI is InChI=1S/C23H28N2O2.ClH/c1-27-22-10-6-19(7-11-22)18-4-2-16(3-5-18)15-24-23(26)14-17-12-20-8-9-21(13-17)25-20;/h2-7,10-11,17,20-21,25H,8-9,12-15H2,1H3,(H,24,26);1H. The smallest absolute Gasteiger partial charge is 0.220 e. The number of carbonyl (C=O) groups is 1. The summed E-state index contributed by atoms with van der Waals surface area (Å²) in [6.45, 7) is 0.597. The highest BCUT2D eigenvalue weighted by Crippen LogP contribution is 2.32. The van der Waals surface area contributed by atoms with Gasteiger partial charge in [-0.25, -0.2) is 0 Å². The Balaban J connectivity index is 0.00000225. The van der Waals surface area contributed by atoms with Gasteiger partial charge in [0.05, 0.1) is 7.11 Å². The van der Waals surface area contributed by atoms with E-state index in [1.165, 1.54) is 12.8 Å². The second kappa shape index (κ2) is 9.44. The number of benzene rings is 2. The van der Waals surface area contributed by atoms with E-state index in [0.29, 0.717) is 31.0 Å². The first kappa shape index (κ1) is 20.7. The van der Waals surface area contributed by atoms with Crippen LogP contribution in [0.15, 0.2) is 48.5 Å². The summed E-state index contributed by atoms with van der Waals surface area (Å²) < 4.78 is 5.20. The fraction of sp³-hybridized carbons (Fsp3) is 0.435. The van der Waals surface area contributed by atoms with Crippen molar-refractivity contribution in [2.24, 2.45) is 5.92 Å². The van der Waals surface area contributed by atoms with Gasteiger partial charge in [0.15, 0.2) is 0 Å². The van der Waals surface area contributed by atoms with Gasteiger partial charge in [0.2, 0.25) is 5.91 Å². The second-order valence-corrected chi connectivity index (χ2v) is 7.88. The molecule has 1 amide bonds. The molecule has 2 fully saturated rings. The van der Waals surface area contributed by atoms with Gasteiger partial charge in [0.1, 0.15) is 5.75 Å². The molecule has 2 unspecified atom stereocenters. The minimum atomic E-state index is 0. The van der Waals surface area contributed by atoms with Crippen LogP contribution in [0, 0.1) is 5.92 Å². The molecule has 0 aromatic heterocycles. The number of carbonyl (C=O) groups excluding carboxylic acids is 1. The number of rotatable bonds is 6.